The highest BCUT2D eigenvalue weighted by Gasteiger charge is 2.01. The van der Waals surface area contributed by atoms with E-state index in [1.807, 2.05) is 19.2 Å². The van der Waals surface area contributed by atoms with E-state index < -0.39 is 0 Å². The summed E-state index contributed by atoms with van der Waals surface area (Å²) in [6.07, 6.45) is 6.35. The fraction of sp³-hybridized carbons (Fsp3) is 0.286. The molecule has 0 saturated carbocycles. The SMILES string of the molecule is CNc1ccc(N)cc1CCCn1cccc1. The molecule has 0 amide bonds. The molecule has 17 heavy (non-hydrogen) atoms. The Balaban J connectivity index is 1.96. The Hall–Kier alpha value is -1.90. The molecule has 0 unspecified atom stereocenters. The molecule has 0 radical (unpaired) electrons. The summed E-state index contributed by atoms with van der Waals surface area (Å²) in [6, 6.07) is 10.1. The molecule has 0 saturated heterocycles. The van der Waals surface area contributed by atoms with Gasteiger partial charge in [0.15, 0.2) is 0 Å². The molecule has 0 atom stereocenters. The number of nitrogens with one attached hydrogen (secondary N) is 1. The number of hydrogen-bond acceptors (Lipinski definition) is 2. The highest BCUT2D eigenvalue weighted by atomic mass is 14.9. The van der Waals surface area contributed by atoms with E-state index in [4.69, 9.17) is 5.73 Å². The van der Waals surface area contributed by atoms with Crippen LogP contribution in [0.3, 0.4) is 0 Å². The molecule has 90 valence electrons. The van der Waals surface area contributed by atoms with Gasteiger partial charge < -0.3 is 15.6 Å². The van der Waals surface area contributed by atoms with E-state index in [0.29, 0.717) is 0 Å². The van der Waals surface area contributed by atoms with Crippen LogP contribution in [-0.2, 0) is 13.0 Å². The van der Waals surface area contributed by atoms with Crippen LogP contribution in [0.4, 0.5) is 11.4 Å². The Morgan fingerprint density at radius 2 is 2.00 bits per heavy atom. The maximum absolute atomic E-state index is 5.82. The average Bonchev–Trinajstić information content (AvgIpc) is 2.82. The summed E-state index contributed by atoms with van der Waals surface area (Å²) < 4.78 is 2.20. The number of benzene rings is 1. The molecule has 1 aromatic heterocycles. The molecule has 3 heteroatoms. The minimum atomic E-state index is 0.833. The molecule has 0 bridgehead atoms. The third-order valence-corrected chi connectivity index (χ3v) is 2.93. The van der Waals surface area contributed by atoms with Gasteiger partial charge in [-0.15, -0.1) is 0 Å². The number of aromatic nitrogens is 1. The van der Waals surface area contributed by atoms with Crippen molar-refractivity contribution in [3.05, 3.63) is 48.3 Å². The minimum Gasteiger partial charge on any atom is -0.399 e. The van der Waals surface area contributed by atoms with E-state index in [2.05, 4.69) is 40.5 Å². The first-order chi connectivity index (χ1) is 8.29. The average molecular weight is 229 g/mol. The second-order valence-electron chi connectivity index (χ2n) is 4.19. The van der Waals surface area contributed by atoms with Crippen LogP contribution >= 0.6 is 0 Å². The van der Waals surface area contributed by atoms with E-state index >= 15 is 0 Å². The summed E-state index contributed by atoms with van der Waals surface area (Å²) >= 11 is 0. The van der Waals surface area contributed by atoms with Crippen molar-refractivity contribution in [2.45, 2.75) is 19.4 Å². The number of hydrogen-bond donors (Lipinski definition) is 2. The fourth-order valence-electron chi connectivity index (χ4n) is 2.04. The number of nitrogen functional groups attached to an aromatic ring is 1. The van der Waals surface area contributed by atoms with Gasteiger partial charge in [-0.1, -0.05) is 0 Å². The lowest BCUT2D eigenvalue weighted by atomic mass is 10.1. The first-order valence-corrected chi connectivity index (χ1v) is 5.96. The fourth-order valence-corrected chi connectivity index (χ4v) is 2.04. The zero-order chi connectivity index (χ0) is 12.1. The number of nitrogens with zero attached hydrogens (tertiary/aromatic N) is 1. The van der Waals surface area contributed by atoms with Gasteiger partial charge in [-0.25, -0.2) is 0 Å². The molecule has 3 nitrogen and oxygen atoms in total. The van der Waals surface area contributed by atoms with Crippen molar-refractivity contribution in [1.82, 2.24) is 4.57 Å². The second kappa shape index (κ2) is 5.43. The van der Waals surface area contributed by atoms with Crippen LogP contribution in [-0.4, -0.2) is 11.6 Å². The van der Waals surface area contributed by atoms with Crippen LogP contribution in [0.25, 0.3) is 0 Å². The molecule has 0 aliphatic carbocycles. The molecule has 3 N–H and O–H groups in total. The van der Waals surface area contributed by atoms with Crippen molar-refractivity contribution in [3.63, 3.8) is 0 Å². The lowest BCUT2D eigenvalue weighted by Gasteiger charge is -2.10. The predicted molar refractivity (Wildman–Crippen MR) is 73.2 cm³/mol. The van der Waals surface area contributed by atoms with E-state index in [1.165, 1.54) is 11.3 Å². The van der Waals surface area contributed by atoms with Gasteiger partial charge in [-0.05, 0) is 48.7 Å². The maximum atomic E-state index is 5.82. The molecule has 0 spiro atoms. The lowest BCUT2D eigenvalue weighted by Crippen LogP contribution is -2.00. The van der Waals surface area contributed by atoms with Gasteiger partial charge >= 0.3 is 0 Å². The topological polar surface area (TPSA) is 43.0 Å². The number of aryl methyl sites for hydroxylation is 2. The van der Waals surface area contributed by atoms with Crippen LogP contribution in [0, 0.1) is 0 Å². The molecule has 2 rings (SSSR count). The molecular weight excluding hydrogens is 210 g/mol. The summed E-state index contributed by atoms with van der Waals surface area (Å²) in [5.74, 6) is 0. The smallest absolute Gasteiger partial charge is 0.0371 e. The van der Waals surface area contributed by atoms with Gasteiger partial charge in [0, 0.05) is 37.4 Å². The van der Waals surface area contributed by atoms with Crippen molar-refractivity contribution in [2.24, 2.45) is 0 Å². The van der Waals surface area contributed by atoms with Crippen LogP contribution < -0.4 is 11.1 Å². The van der Waals surface area contributed by atoms with Crippen molar-refractivity contribution in [1.29, 1.82) is 0 Å². The number of rotatable bonds is 5. The standard InChI is InChI=1S/C14H19N3/c1-16-14-7-6-13(15)11-12(14)5-4-10-17-8-2-3-9-17/h2-3,6-9,11,16H,4-5,10,15H2,1H3. The number of anilines is 2. The molecule has 1 aromatic carbocycles. The maximum Gasteiger partial charge on any atom is 0.0371 e. The summed E-state index contributed by atoms with van der Waals surface area (Å²) in [4.78, 5) is 0. The summed E-state index contributed by atoms with van der Waals surface area (Å²) in [6.45, 7) is 1.05. The lowest BCUT2D eigenvalue weighted by molar-refractivity contribution is 0.646. The highest BCUT2D eigenvalue weighted by Crippen LogP contribution is 2.20. The molecule has 0 aliphatic heterocycles. The van der Waals surface area contributed by atoms with Gasteiger partial charge in [0.05, 0.1) is 0 Å². The summed E-state index contributed by atoms with van der Waals surface area (Å²) in [7, 11) is 1.95. The Labute approximate surface area is 102 Å². The van der Waals surface area contributed by atoms with Crippen molar-refractivity contribution in [3.8, 4) is 0 Å². The monoisotopic (exact) mass is 229 g/mol. The Bertz CT molecular complexity index is 460. The highest BCUT2D eigenvalue weighted by molar-refractivity contribution is 5.57. The van der Waals surface area contributed by atoms with Crippen molar-refractivity contribution < 1.29 is 0 Å². The molecule has 1 heterocycles. The Morgan fingerprint density at radius 3 is 2.71 bits per heavy atom. The summed E-state index contributed by atoms with van der Waals surface area (Å²) in [5, 5.41) is 3.20. The zero-order valence-electron chi connectivity index (χ0n) is 10.2. The Kier molecular flexibility index (Phi) is 3.70. The van der Waals surface area contributed by atoms with Crippen LogP contribution in [0.15, 0.2) is 42.7 Å². The van der Waals surface area contributed by atoms with E-state index in [9.17, 15) is 0 Å². The third-order valence-electron chi connectivity index (χ3n) is 2.93. The van der Waals surface area contributed by atoms with E-state index in [-0.39, 0.29) is 0 Å². The number of nitrogens with two attached hydrogens (primary N) is 1. The quantitative estimate of drug-likeness (QED) is 0.774. The third kappa shape index (κ3) is 3.03. The van der Waals surface area contributed by atoms with Crippen LogP contribution in [0.1, 0.15) is 12.0 Å². The van der Waals surface area contributed by atoms with E-state index in [1.54, 1.807) is 0 Å². The molecule has 0 fully saturated rings. The van der Waals surface area contributed by atoms with Crippen molar-refractivity contribution >= 4 is 11.4 Å². The predicted octanol–water partition coefficient (Wildman–Crippen LogP) is 2.74. The van der Waals surface area contributed by atoms with E-state index in [0.717, 1.165) is 25.1 Å². The van der Waals surface area contributed by atoms with Crippen molar-refractivity contribution in [2.75, 3.05) is 18.1 Å². The van der Waals surface area contributed by atoms with Gasteiger partial charge in [0.25, 0.3) is 0 Å². The minimum absolute atomic E-state index is 0.833. The first kappa shape index (κ1) is 11.6. The first-order valence-electron chi connectivity index (χ1n) is 5.96. The normalized spacial score (nSPS) is 10.4. The van der Waals surface area contributed by atoms with Gasteiger partial charge in [-0.2, -0.15) is 0 Å². The van der Waals surface area contributed by atoms with Gasteiger partial charge in [-0.3, -0.25) is 0 Å². The molecule has 2 aromatic rings. The second-order valence-corrected chi connectivity index (χ2v) is 4.19. The van der Waals surface area contributed by atoms with Crippen LogP contribution in [0.5, 0.6) is 0 Å². The molecular formula is C14H19N3. The van der Waals surface area contributed by atoms with Crippen LogP contribution in [0.2, 0.25) is 0 Å². The summed E-state index contributed by atoms with van der Waals surface area (Å²) in [5.41, 5.74) is 9.11. The van der Waals surface area contributed by atoms with Gasteiger partial charge in [0.2, 0.25) is 0 Å². The largest absolute Gasteiger partial charge is 0.399 e. The Morgan fingerprint density at radius 1 is 1.24 bits per heavy atom. The van der Waals surface area contributed by atoms with Gasteiger partial charge in [0.1, 0.15) is 0 Å². The molecule has 0 aliphatic rings. The zero-order valence-corrected chi connectivity index (χ0v) is 10.2.